The van der Waals surface area contributed by atoms with Crippen molar-refractivity contribution in [3.8, 4) is 0 Å². The number of alkyl halides is 3. The van der Waals surface area contributed by atoms with E-state index in [9.17, 15) is 27.6 Å². The number of benzene rings is 1. The number of halogens is 3. The number of urea groups is 1. The third-order valence-electron chi connectivity index (χ3n) is 2.63. The van der Waals surface area contributed by atoms with Gasteiger partial charge in [-0.15, -0.1) is 0 Å². The van der Waals surface area contributed by atoms with Crippen molar-refractivity contribution < 1.29 is 22.8 Å². The first-order valence-corrected chi connectivity index (χ1v) is 7.49. The van der Waals surface area contributed by atoms with Crippen LogP contribution in [-0.4, -0.2) is 40.4 Å². The molecule has 7 nitrogen and oxygen atoms in total. The van der Waals surface area contributed by atoms with Gasteiger partial charge in [0, 0.05) is 0 Å². The van der Waals surface area contributed by atoms with Crippen LogP contribution in [0.4, 0.5) is 18.0 Å². The highest BCUT2D eigenvalue weighted by Gasteiger charge is 2.27. The van der Waals surface area contributed by atoms with Crippen molar-refractivity contribution in [3.05, 3.63) is 34.6 Å². The van der Waals surface area contributed by atoms with E-state index < -0.39 is 24.7 Å². The van der Waals surface area contributed by atoms with Gasteiger partial charge in [-0.1, -0.05) is 23.9 Å². The number of carbonyl (C=O) groups is 2. The largest absolute Gasteiger partial charge is 0.405 e. The Labute approximate surface area is 137 Å². The number of nitrogens with zero attached hydrogens (tertiary/aromatic N) is 1. The number of para-hydroxylation sites is 1. The molecule has 0 radical (unpaired) electrons. The summed E-state index contributed by atoms with van der Waals surface area (Å²) in [5.74, 6) is -1.13. The van der Waals surface area contributed by atoms with E-state index in [0.717, 1.165) is 11.8 Å². The van der Waals surface area contributed by atoms with Crippen LogP contribution in [0.15, 0.2) is 34.2 Å². The molecule has 0 aliphatic heterocycles. The number of amides is 3. The second-order valence-electron chi connectivity index (χ2n) is 4.52. The summed E-state index contributed by atoms with van der Waals surface area (Å²) in [6, 6.07) is 5.34. The van der Waals surface area contributed by atoms with Crippen LogP contribution < -0.4 is 16.2 Å². The fourth-order valence-corrected chi connectivity index (χ4v) is 2.32. The molecule has 0 aliphatic rings. The average Bonchev–Trinajstić information content (AvgIpc) is 2.50. The van der Waals surface area contributed by atoms with Gasteiger partial charge in [0.15, 0.2) is 5.16 Å². The fourth-order valence-electron chi connectivity index (χ4n) is 1.65. The molecule has 0 fully saturated rings. The minimum Gasteiger partial charge on any atom is -0.329 e. The van der Waals surface area contributed by atoms with Crippen LogP contribution in [-0.2, 0) is 4.79 Å². The van der Waals surface area contributed by atoms with E-state index in [1.807, 2.05) is 0 Å². The molecular weight excluding hydrogens is 349 g/mol. The third-order valence-corrected chi connectivity index (χ3v) is 3.51. The van der Waals surface area contributed by atoms with Crippen LogP contribution in [0.25, 0.3) is 10.9 Å². The van der Waals surface area contributed by atoms with Crippen molar-refractivity contribution >= 4 is 34.6 Å². The van der Waals surface area contributed by atoms with Crippen molar-refractivity contribution in [1.82, 2.24) is 20.6 Å². The second kappa shape index (κ2) is 7.34. The van der Waals surface area contributed by atoms with Gasteiger partial charge < -0.3 is 10.3 Å². The highest BCUT2D eigenvalue weighted by Crippen LogP contribution is 2.14. The van der Waals surface area contributed by atoms with E-state index in [1.165, 1.54) is 5.32 Å². The molecule has 0 atom stereocenters. The molecule has 2 aromatic rings. The second-order valence-corrected chi connectivity index (χ2v) is 5.49. The van der Waals surface area contributed by atoms with Gasteiger partial charge >= 0.3 is 12.2 Å². The van der Waals surface area contributed by atoms with Crippen molar-refractivity contribution in [3.63, 3.8) is 0 Å². The molecule has 0 saturated carbocycles. The number of H-pyrrole nitrogens is 1. The number of aromatic nitrogens is 2. The maximum Gasteiger partial charge on any atom is 0.405 e. The van der Waals surface area contributed by atoms with Crippen molar-refractivity contribution in [1.29, 1.82) is 0 Å². The Morgan fingerprint density at radius 3 is 2.67 bits per heavy atom. The SMILES string of the molecule is O=C(CSc1nc2ccccc2c(=O)[nH]1)NC(=O)NCC(F)(F)F. The number of rotatable bonds is 4. The Bertz CT molecular complexity index is 822. The van der Waals surface area contributed by atoms with Crippen LogP contribution in [0.2, 0.25) is 0 Å². The number of nitrogens with one attached hydrogen (secondary N) is 3. The lowest BCUT2D eigenvalue weighted by atomic mass is 10.2. The molecule has 3 amide bonds. The number of hydrogen-bond acceptors (Lipinski definition) is 5. The van der Waals surface area contributed by atoms with Crippen LogP contribution >= 0.6 is 11.8 Å². The van der Waals surface area contributed by atoms with Gasteiger partial charge in [-0.2, -0.15) is 13.2 Å². The van der Waals surface area contributed by atoms with Crippen molar-refractivity contribution in [2.75, 3.05) is 12.3 Å². The third kappa shape index (κ3) is 5.26. The first kappa shape index (κ1) is 17.8. The summed E-state index contributed by atoms with van der Waals surface area (Å²) in [4.78, 5) is 41.0. The Kier molecular flexibility index (Phi) is 5.44. The smallest absolute Gasteiger partial charge is 0.329 e. The molecule has 24 heavy (non-hydrogen) atoms. The van der Waals surface area contributed by atoms with Crippen molar-refractivity contribution in [2.45, 2.75) is 11.3 Å². The lowest BCUT2D eigenvalue weighted by molar-refractivity contribution is -0.124. The highest BCUT2D eigenvalue weighted by molar-refractivity contribution is 7.99. The first-order chi connectivity index (χ1) is 11.2. The molecule has 0 aliphatic carbocycles. The Hall–Kier alpha value is -2.56. The van der Waals surface area contributed by atoms with E-state index in [4.69, 9.17) is 0 Å². The monoisotopic (exact) mass is 360 g/mol. The average molecular weight is 360 g/mol. The summed E-state index contributed by atoms with van der Waals surface area (Å²) in [6.45, 7) is -1.54. The maximum absolute atomic E-state index is 11.9. The lowest BCUT2D eigenvalue weighted by Crippen LogP contribution is -2.43. The topological polar surface area (TPSA) is 104 Å². The van der Waals surface area contributed by atoms with E-state index in [2.05, 4.69) is 9.97 Å². The van der Waals surface area contributed by atoms with Gasteiger partial charge in [0.2, 0.25) is 5.91 Å². The number of carbonyl (C=O) groups excluding carboxylic acids is 2. The molecule has 11 heteroatoms. The Morgan fingerprint density at radius 1 is 1.25 bits per heavy atom. The minimum absolute atomic E-state index is 0.157. The molecule has 0 spiro atoms. The molecule has 1 aromatic carbocycles. The van der Waals surface area contributed by atoms with Crippen LogP contribution in [0.5, 0.6) is 0 Å². The highest BCUT2D eigenvalue weighted by atomic mass is 32.2. The molecule has 0 unspecified atom stereocenters. The van der Waals surface area contributed by atoms with Crippen molar-refractivity contribution in [2.24, 2.45) is 0 Å². The molecule has 128 valence electrons. The van der Waals surface area contributed by atoms with E-state index >= 15 is 0 Å². The molecule has 2 rings (SSSR count). The molecule has 0 bridgehead atoms. The van der Waals surface area contributed by atoms with E-state index in [1.54, 1.807) is 29.6 Å². The van der Waals surface area contributed by atoms with E-state index in [-0.39, 0.29) is 16.5 Å². The normalized spacial score (nSPS) is 11.3. The van der Waals surface area contributed by atoms with Gasteiger partial charge in [0.25, 0.3) is 5.56 Å². The zero-order valence-electron chi connectivity index (χ0n) is 11.9. The van der Waals surface area contributed by atoms with E-state index in [0.29, 0.717) is 10.9 Å². The maximum atomic E-state index is 11.9. The number of hydrogen-bond donors (Lipinski definition) is 3. The lowest BCUT2D eigenvalue weighted by Gasteiger charge is -2.08. The Balaban J connectivity index is 1.90. The fraction of sp³-hybridized carbons (Fsp3) is 0.231. The summed E-state index contributed by atoms with van der Waals surface area (Å²) in [5, 5.41) is 3.80. The summed E-state index contributed by atoms with van der Waals surface area (Å²) in [6.07, 6.45) is -4.57. The van der Waals surface area contributed by atoms with Gasteiger partial charge in [0.1, 0.15) is 6.54 Å². The minimum atomic E-state index is -4.57. The zero-order valence-corrected chi connectivity index (χ0v) is 12.8. The predicted octanol–water partition coefficient (Wildman–Crippen LogP) is 1.40. The molecule has 3 N–H and O–H groups in total. The first-order valence-electron chi connectivity index (χ1n) is 6.51. The van der Waals surface area contributed by atoms with Crippen LogP contribution in [0.3, 0.4) is 0 Å². The number of imide groups is 1. The summed E-state index contributed by atoms with van der Waals surface area (Å²) in [5.41, 5.74) is 0.0542. The number of aromatic amines is 1. The summed E-state index contributed by atoms with van der Waals surface area (Å²) in [7, 11) is 0. The standard InChI is InChI=1S/C13H11F3N4O3S/c14-13(15,16)6-17-11(23)19-9(21)5-24-12-18-8-4-2-1-3-7(8)10(22)20-12/h1-4H,5-6H2,(H,18,20,22)(H2,17,19,21,23). The number of thioether (sulfide) groups is 1. The Morgan fingerprint density at radius 2 is 1.96 bits per heavy atom. The molecule has 1 heterocycles. The van der Waals surface area contributed by atoms with Crippen LogP contribution in [0, 0.1) is 0 Å². The molecule has 1 aromatic heterocycles. The summed E-state index contributed by atoms with van der Waals surface area (Å²) < 4.78 is 35.7. The van der Waals surface area contributed by atoms with Gasteiger partial charge in [-0.05, 0) is 12.1 Å². The van der Waals surface area contributed by atoms with Crippen LogP contribution in [0.1, 0.15) is 0 Å². The van der Waals surface area contributed by atoms with Gasteiger partial charge in [0.05, 0.1) is 16.7 Å². The molecule has 0 saturated heterocycles. The van der Waals surface area contributed by atoms with Gasteiger partial charge in [-0.25, -0.2) is 9.78 Å². The van der Waals surface area contributed by atoms with Gasteiger partial charge in [-0.3, -0.25) is 14.9 Å². The quantitative estimate of drug-likeness (QED) is 0.565. The predicted molar refractivity (Wildman–Crippen MR) is 80.7 cm³/mol. The molecular formula is C13H11F3N4O3S. The summed E-state index contributed by atoms with van der Waals surface area (Å²) >= 11 is 0.842. The zero-order chi connectivity index (χ0) is 17.7. The number of fused-ring (bicyclic) bond motifs is 1.